The van der Waals surface area contributed by atoms with Gasteiger partial charge in [-0.15, -0.1) is 0 Å². The van der Waals surface area contributed by atoms with E-state index in [1.807, 2.05) is 38.1 Å². The molecule has 0 atom stereocenters. The number of aromatic nitrogens is 2. The van der Waals surface area contributed by atoms with Crippen LogP contribution in [0.3, 0.4) is 0 Å². The van der Waals surface area contributed by atoms with E-state index in [0.717, 1.165) is 11.6 Å². The molecule has 4 nitrogen and oxygen atoms in total. The predicted octanol–water partition coefficient (Wildman–Crippen LogP) is 2.83. The van der Waals surface area contributed by atoms with Crippen molar-refractivity contribution in [3.8, 4) is 0 Å². The van der Waals surface area contributed by atoms with Crippen LogP contribution in [0.4, 0.5) is 17.3 Å². The molecule has 0 aromatic carbocycles. The van der Waals surface area contributed by atoms with E-state index in [4.69, 9.17) is 5.73 Å². The minimum absolute atomic E-state index is 0.650. The van der Waals surface area contributed by atoms with E-state index in [1.54, 1.807) is 18.5 Å². The molecule has 16 heavy (non-hydrogen) atoms. The molecule has 0 aliphatic carbocycles. The Morgan fingerprint density at radius 2 is 1.75 bits per heavy atom. The molecule has 0 amide bonds. The van der Waals surface area contributed by atoms with Crippen LogP contribution in [0, 0.1) is 0 Å². The van der Waals surface area contributed by atoms with Crippen molar-refractivity contribution >= 4 is 17.3 Å². The monoisotopic (exact) mass is 216 g/mol. The highest BCUT2D eigenvalue weighted by molar-refractivity contribution is 5.53. The lowest BCUT2D eigenvalue weighted by atomic mass is 10.4. The molecule has 2 aromatic heterocycles. The molecule has 2 heterocycles. The summed E-state index contributed by atoms with van der Waals surface area (Å²) in [5.41, 5.74) is 6.16. The highest BCUT2D eigenvalue weighted by Gasteiger charge is 1.94. The van der Waals surface area contributed by atoms with E-state index in [0.29, 0.717) is 5.69 Å². The number of hydrogen-bond acceptors (Lipinski definition) is 4. The number of anilines is 3. The van der Waals surface area contributed by atoms with Gasteiger partial charge in [-0.2, -0.15) is 0 Å². The van der Waals surface area contributed by atoms with E-state index in [9.17, 15) is 0 Å². The number of nitrogens with two attached hydrogens (primary N) is 1. The van der Waals surface area contributed by atoms with Crippen molar-refractivity contribution in [3.05, 3.63) is 42.7 Å². The molecule has 0 aliphatic heterocycles. The first-order valence-corrected chi connectivity index (χ1v) is 5.24. The Labute approximate surface area is 95.6 Å². The average molecular weight is 216 g/mol. The van der Waals surface area contributed by atoms with E-state index < -0.39 is 0 Å². The Hall–Kier alpha value is -2.10. The molecule has 0 fully saturated rings. The van der Waals surface area contributed by atoms with Crippen LogP contribution in [0.1, 0.15) is 13.8 Å². The topological polar surface area (TPSA) is 63.8 Å². The summed E-state index contributed by atoms with van der Waals surface area (Å²) < 4.78 is 0. The summed E-state index contributed by atoms with van der Waals surface area (Å²) in [6.45, 7) is 4.00. The van der Waals surface area contributed by atoms with Crippen molar-refractivity contribution in [2.45, 2.75) is 13.8 Å². The van der Waals surface area contributed by atoms with Crippen LogP contribution in [0.2, 0.25) is 0 Å². The highest BCUT2D eigenvalue weighted by Crippen LogP contribution is 2.11. The summed E-state index contributed by atoms with van der Waals surface area (Å²) in [6, 6.07) is 9.24. The molecule has 2 rings (SSSR count). The number of pyridine rings is 2. The van der Waals surface area contributed by atoms with Gasteiger partial charge < -0.3 is 11.1 Å². The molecule has 0 saturated carbocycles. The fraction of sp³-hybridized carbons (Fsp3) is 0.167. The van der Waals surface area contributed by atoms with Gasteiger partial charge in [0.05, 0.1) is 11.9 Å². The first kappa shape index (κ1) is 12.0. The molecule has 84 valence electrons. The van der Waals surface area contributed by atoms with Gasteiger partial charge in [0, 0.05) is 6.20 Å². The quantitative estimate of drug-likeness (QED) is 0.810. The Balaban J connectivity index is 0.000000606. The fourth-order valence-corrected chi connectivity index (χ4v) is 1.05. The summed E-state index contributed by atoms with van der Waals surface area (Å²) in [6.07, 6.45) is 3.32. The number of nitrogens with one attached hydrogen (secondary N) is 1. The van der Waals surface area contributed by atoms with Crippen molar-refractivity contribution < 1.29 is 0 Å². The minimum Gasteiger partial charge on any atom is -0.397 e. The maximum absolute atomic E-state index is 5.51. The van der Waals surface area contributed by atoms with Gasteiger partial charge in [0.1, 0.15) is 11.6 Å². The third-order valence-electron chi connectivity index (χ3n) is 1.71. The second-order valence-electron chi connectivity index (χ2n) is 2.82. The number of hydrogen-bond donors (Lipinski definition) is 2. The standard InChI is InChI=1S/C10H10N4.C2H6/c11-8-4-5-10(13-7-8)14-9-3-1-2-6-12-9;1-2/h1-7H,11H2,(H,12,13,14);1-2H3. The summed E-state index contributed by atoms with van der Waals surface area (Å²) in [5.74, 6) is 1.50. The van der Waals surface area contributed by atoms with Gasteiger partial charge in [-0.25, -0.2) is 9.97 Å². The fourth-order valence-electron chi connectivity index (χ4n) is 1.05. The lowest BCUT2D eigenvalue weighted by molar-refractivity contribution is 1.25. The van der Waals surface area contributed by atoms with E-state index in [2.05, 4.69) is 15.3 Å². The maximum Gasteiger partial charge on any atom is 0.131 e. The van der Waals surface area contributed by atoms with Gasteiger partial charge in [-0.05, 0) is 24.3 Å². The predicted molar refractivity (Wildman–Crippen MR) is 67.5 cm³/mol. The normalized spacial score (nSPS) is 8.88. The highest BCUT2D eigenvalue weighted by atomic mass is 15.0. The first-order chi connectivity index (χ1) is 7.84. The van der Waals surface area contributed by atoms with Gasteiger partial charge >= 0.3 is 0 Å². The minimum atomic E-state index is 0.650. The van der Waals surface area contributed by atoms with Crippen molar-refractivity contribution in [2.75, 3.05) is 11.1 Å². The van der Waals surface area contributed by atoms with Crippen LogP contribution >= 0.6 is 0 Å². The van der Waals surface area contributed by atoms with Crippen LogP contribution in [-0.4, -0.2) is 9.97 Å². The lowest BCUT2D eigenvalue weighted by Gasteiger charge is -2.03. The summed E-state index contributed by atoms with van der Waals surface area (Å²) >= 11 is 0. The summed E-state index contributed by atoms with van der Waals surface area (Å²) in [7, 11) is 0. The number of rotatable bonds is 2. The molecule has 4 heteroatoms. The number of nitrogens with zero attached hydrogens (tertiary/aromatic N) is 2. The Kier molecular flexibility index (Phi) is 4.79. The van der Waals surface area contributed by atoms with E-state index in [-0.39, 0.29) is 0 Å². The smallest absolute Gasteiger partial charge is 0.131 e. The molecule has 0 aliphatic rings. The molecule has 2 aromatic rings. The van der Waals surface area contributed by atoms with Crippen molar-refractivity contribution in [3.63, 3.8) is 0 Å². The van der Waals surface area contributed by atoms with Crippen LogP contribution in [0.25, 0.3) is 0 Å². The van der Waals surface area contributed by atoms with Gasteiger partial charge in [0.15, 0.2) is 0 Å². The molecule has 0 unspecified atom stereocenters. The zero-order chi connectivity index (χ0) is 11.8. The molecular formula is C12H16N4. The molecule has 0 saturated heterocycles. The van der Waals surface area contributed by atoms with Gasteiger partial charge in [0.25, 0.3) is 0 Å². The zero-order valence-corrected chi connectivity index (χ0v) is 9.51. The zero-order valence-electron chi connectivity index (χ0n) is 9.51. The van der Waals surface area contributed by atoms with Crippen LogP contribution in [0.15, 0.2) is 42.7 Å². The molecule has 0 bridgehead atoms. The largest absolute Gasteiger partial charge is 0.397 e. The summed E-state index contributed by atoms with van der Waals surface area (Å²) in [4.78, 5) is 8.21. The Morgan fingerprint density at radius 1 is 1.00 bits per heavy atom. The van der Waals surface area contributed by atoms with Crippen molar-refractivity contribution in [1.82, 2.24) is 9.97 Å². The third kappa shape index (κ3) is 3.57. The molecule has 0 spiro atoms. The molecular weight excluding hydrogens is 200 g/mol. The van der Waals surface area contributed by atoms with Crippen molar-refractivity contribution in [2.24, 2.45) is 0 Å². The SMILES string of the molecule is CC.Nc1ccc(Nc2ccccn2)nc1. The number of nitrogen functional groups attached to an aromatic ring is 1. The first-order valence-electron chi connectivity index (χ1n) is 5.24. The Bertz CT molecular complexity index is 397. The van der Waals surface area contributed by atoms with E-state index in [1.165, 1.54) is 0 Å². The van der Waals surface area contributed by atoms with E-state index >= 15 is 0 Å². The van der Waals surface area contributed by atoms with Crippen molar-refractivity contribution in [1.29, 1.82) is 0 Å². The summed E-state index contributed by atoms with van der Waals surface area (Å²) in [5, 5.41) is 3.05. The Morgan fingerprint density at radius 3 is 2.31 bits per heavy atom. The second kappa shape index (κ2) is 6.40. The van der Waals surface area contributed by atoms with Crippen LogP contribution < -0.4 is 11.1 Å². The van der Waals surface area contributed by atoms with Gasteiger partial charge in [-0.1, -0.05) is 19.9 Å². The maximum atomic E-state index is 5.51. The third-order valence-corrected chi connectivity index (χ3v) is 1.71. The van der Waals surface area contributed by atoms with Crippen LogP contribution in [0.5, 0.6) is 0 Å². The molecule has 0 radical (unpaired) electrons. The van der Waals surface area contributed by atoms with Crippen LogP contribution in [-0.2, 0) is 0 Å². The van der Waals surface area contributed by atoms with Gasteiger partial charge in [-0.3, -0.25) is 0 Å². The second-order valence-corrected chi connectivity index (χ2v) is 2.82. The average Bonchev–Trinajstić information content (AvgIpc) is 2.36. The lowest BCUT2D eigenvalue weighted by Crippen LogP contribution is -1.95. The molecule has 3 N–H and O–H groups in total. The van der Waals surface area contributed by atoms with Gasteiger partial charge in [0.2, 0.25) is 0 Å².